The van der Waals surface area contributed by atoms with Crippen LogP contribution in [0.3, 0.4) is 0 Å². The molecule has 0 aliphatic carbocycles. The second-order valence-electron chi connectivity index (χ2n) is 4.78. The van der Waals surface area contributed by atoms with Gasteiger partial charge in [-0.3, -0.25) is 4.79 Å². The van der Waals surface area contributed by atoms with Crippen LogP contribution in [0.4, 0.5) is 0 Å². The molecule has 0 aromatic heterocycles. The zero-order chi connectivity index (χ0) is 16.5. The van der Waals surface area contributed by atoms with Crippen LogP contribution in [0.1, 0.15) is 11.1 Å². The van der Waals surface area contributed by atoms with E-state index in [0.717, 1.165) is 15.6 Å². The van der Waals surface area contributed by atoms with Gasteiger partial charge < -0.3 is 4.74 Å². The molecule has 0 heterocycles. The normalized spacial score (nSPS) is 11.0. The highest BCUT2D eigenvalue weighted by Gasteiger charge is 2.04. The molecule has 0 aliphatic heterocycles. The van der Waals surface area contributed by atoms with Gasteiger partial charge >= 0.3 is 0 Å². The Balaban J connectivity index is 1.74. The first kappa shape index (κ1) is 17.0. The lowest BCUT2D eigenvalue weighted by Crippen LogP contribution is -2.24. The highest BCUT2D eigenvalue weighted by molar-refractivity contribution is 9.10. The Bertz CT molecular complexity index is 712. The van der Waals surface area contributed by atoms with E-state index in [2.05, 4.69) is 26.5 Å². The van der Waals surface area contributed by atoms with Crippen molar-refractivity contribution in [2.75, 3.05) is 6.61 Å². The molecule has 0 aliphatic rings. The summed E-state index contributed by atoms with van der Waals surface area (Å²) in [6.45, 7) is 1.84. The maximum atomic E-state index is 11.6. The van der Waals surface area contributed by atoms with Gasteiger partial charge in [-0.1, -0.05) is 52.3 Å². The first-order valence-corrected chi connectivity index (χ1v) is 7.87. The molecular formula is C18H17BrN2O2. The van der Waals surface area contributed by atoms with E-state index in [-0.39, 0.29) is 12.5 Å². The molecule has 2 aromatic carbocycles. The van der Waals surface area contributed by atoms with Crippen molar-refractivity contribution in [3.63, 3.8) is 0 Å². The maximum absolute atomic E-state index is 11.6. The smallest absolute Gasteiger partial charge is 0.277 e. The summed E-state index contributed by atoms with van der Waals surface area (Å²) in [6, 6.07) is 15.5. The first-order valence-electron chi connectivity index (χ1n) is 7.08. The summed E-state index contributed by atoms with van der Waals surface area (Å²) in [7, 11) is 0. The number of aryl methyl sites for hydroxylation is 1. The van der Waals surface area contributed by atoms with E-state index in [0.29, 0.717) is 5.75 Å². The van der Waals surface area contributed by atoms with Gasteiger partial charge in [0, 0.05) is 10.7 Å². The van der Waals surface area contributed by atoms with E-state index in [4.69, 9.17) is 4.74 Å². The van der Waals surface area contributed by atoms with Gasteiger partial charge in [0.25, 0.3) is 5.91 Å². The van der Waals surface area contributed by atoms with Gasteiger partial charge in [-0.15, -0.1) is 0 Å². The fourth-order valence-electron chi connectivity index (χ4n) is 1.82. The summed E-state index contributed by atoms with van der Waals surface area (Å²) in [5, 5.41) is 3.84. The molecule has 1 N–H and O–H groups in total. The molecule has 0 unspecified atom stereocenters. The van der Waals surface area contributed by atoms with Crippen LogP contribution >= 0.6 is 15.9 Å². The zero-order valence-corrected chi connectivity index (χ0v) is 14.3. The lowest BCUT2D eigenvalue weighted by molar-refractivity contribution is -0.123. The molecule has 2 aromatic rings. The van der Waals surface area contributed by atoms with Gasteiger partial charge in [-0.2, -0.15) is 5.10 Å². The molecule has 0 atom stereocenters. The van der Waals surface area contributed by atoms with Crippen molar-refractivity contribution in [2.45, 2.75) is 6.92 Å². The van der Waals surface area contributed by atoms with Crippen molar-refractivity contribution >= 4 is 34.1 Å². The second-order valence-corrected chi connectivity index (χ2v) is 5.70. The number of hydrogen-bond donors (Lipinski definition) is 1. The fourth-order valence-corrected chi connectivity index (χ4v) is 2.30. The Morgan fingerprint density at radius 2 is 2.04 bits per heavy atom. The molecule has 0 bridgehead atoms. The molecule has 118 valence electrons. The molecule has 23 heavy (non-hydrogen) atoms. The van der Waals surface area contributed by atoms with E-state index in [9.17, 15) is 4.79 Å². The van der Waals surface area contributed by atoms with Crippen molar-refractivity contribution in [2.24, 2.45) is 5.10 Å². The van der Waals surface area contributed by atoms with Gasteiger partial charge in [0.15, 0.2) is 6.61 Å². The van der Waals surface area contributed by atoms with Crippen LogP contribution in [0.15, 0.2) is 64.2 Å². The minimum atomic E-state index is -0.309. The van der Waals surface area contributed by atoms with E-state index in [1.807, 2.05) is 61.5 Å². The number of carbonyl (C=O) groups is 1. The lowest BCUT2D eigenvalue weighted by atomic mass is 10.2. The average Bonchev–Trinajstić information content (AvgIpc) is 2.54. The molecule has 1 amide bonds. The number of hydrogen-bond acceptors (Lipinski definition) is 3. The van der Waals surface area contributed by atoms with Crippen LogP contribution < -0.4 is 10.2 Å². The Morgan fingerprint density at radius 3 is 2.78 bits per heavy atom. The number of nitrogens with zero attached hydrogens (tertiary/aromatic N) is 1. The van der Waals surface area contributed by atoms with Gasteiger partial charge in [-0.25, -0.2) is 5.43 Å². The number of nitrogens with one attached hydrogen (secondary N) is 1. The SMILES string of the molecule is Cc1cc(Br)ccc1OCC(=O)N/N=C/C=C/c1ccccc1. The highest BCUT2D eigenvalue weighted by atomic mass is 79.9. The maximum Gasteiger partial charge on any atom is 0.277 e. The van der Waals surface area contributed by atoms with Crippen LogP contribution in [-0.4, -0.2) is 18.7 Å². The number of allylic oxidation sites excluding steroid dienone is 1. The monoisotopic (exact) mass is 372 g/mol. The minimum Gasteiger partial charge on any atom is -0.483 e. The summed E-state index contributed by atoms with van der Waals surface area (Å²) < 4.78 is 6.43. The second kappa shape index (κ2) is 8.90. The third-order valence-corrected chi connectivity index (χ3v) is 3.43. The third kappa shape index (κ3) is 6.08. The average molecular weight is 373 g/mol. The largest absolute Gasteiger partial charge is 0.483 e. The Labute approximate surface area is 144 Å². The third-order valence-electron chi connectivity index (χ3n) is 2.93. The molecule has 0 saturated carbocycles. The summed E-state index contributed by atoms with van der Waals surface area (Å²) in [6.07, 6.45) is 5.18. The molecule has 0 radical (unpaired) electrons. The molecular weight excluding hydrogens is 356 g/mol. The Kier molecular flexibility index (Phi) is 6.56. The number of benzene rings is 2. The summed E-state index contributed by atoms with van der Waals surface area (Å²) in [4.78, 5) is 11.6. The standard InChI is InChI=1S/C18H17BrN2O2/c1-14-12-16(19)9-10-17(14)23-13-18(22)21-20-11-5-8-15-6-3-2-4-7-15/h2-12H,13H2,1H3,(H,21,22)/b8-5+,20-11+. The quantitative estimate of drug-likeness (QED) is 0.616. The molecule has 2 rings (SSSR count). The summed E-state index contributed by atoms with van der Waals surface area (Å²) in [5.41, 5.74) is 4.44. The highest BCUT2D eigenvalue weighted by Crippen LogP contribution is 2.21. The van der Waals surface area contributed by atoms with E-state index >= 15 is 0 Å². The van der Waals surface area contributed by atoms with Crippen LogP contribution in [0.5, 0.6) is 5.75 Å². The van der Waals surface area contributed by atoms with Crippen molar-refractivity contribution < 1.29 is 9.53 Å². The number of hydrazone groups is 1. The topological polar surface area (TPSA) is 50.7 Å². The predicted molar refractivity (Wildman–Crippen MR) is 96.5 cm³/mol. The Hall–Kier alpha value is -2.40. The molecule has 0 saturated heterocycles. The van der Waals surface area contributed by atoms with Crippen molar-refractivity contribution in [1.29, 1.82) is 0 Å². The lowest BCUT2D eigenvalue weighted by Gasteiger charge is -2.08. The van der Waals surface area contributed by atoms with E-state index < -0.39 is 0 Å². The van der Waals surface area contributed by atoms with Crippen molar-refractivity contribution in [3.8, 4) is 5.75 Å². The van der Waals surface area contributed by atoms with Crippen molar-refractivity contribution in [1.82, 2.24) is 5.43 Å². The van der Waals surface area contributed by atoms with Crippen LogP contribution in [0, 0.1) is 6.92 Å². The van der Waals surface area contributed by atoms with Crippen molar-refractivity contribution in [3.05, 3.63) is 70.2 Å². The zero-order valence-electron chi connectivity index (χ0n) is 12.7. The molecule has 4 nitrogen and oxygen atoms in total. The number of amides is 1. The summed E-state index contributed by atoms with van der Waals surface area (Å²) in [5.74, 6) is 0.369. The van der Waals surface area contributed by atoms with Crippen LogP contribution in [0.2, 0.25) is 0 Å². The van der Waals surface area contributed by atoms with Gasteiger partial charge in [0.05, 0.1) is 0 Å². The number of ether oxygens (including phenoxy) is 1. The Morgan fingerprint density at radius 1 is 1.26 bits per heavy atom. The van der Waals surface area contributed by atoms with E-state index in [1.54, 1.807) is 6.08 Å². The predicted octanol–water partition coefficient (Wildman–Crippen LogP) is 3.95. The van der Waals surface area contributed by atoms with E-state index in [1.165, 1.54) is 6.21 Å². The number of carbonyl (C=O) groups excluding carboxylic acids is 1. The molecule has 0 fully saturated rings. The van der Waals surface area contributed by atoms with Crippen LogP contribution in [-0.2, 0) is 4.79 Å². The number of rotatable bonds is 6. The number of halogens is 1. The fraction of sp³-hybridized carbons (Fsp3) is 0.111. The first-order chi connectivity index (χ1) is 11.1. The van der Waals surface area contributed by atoms with Gasteiger partial charge in [-0.05, 0) is 42.3 Å². The molecule has 5 heteroatoms. The molecule has 0 spiro atoms. The van der Waals surface area contributed by atoms with Gasteiger partial charge in [0.2, 0.25) is 0 Å². The van der Waals surface area contributed by atoms with Gasteiger partial charge in [0.1, 0.15) is 5.75 Å². The van der Waals surface area contributed by atoms with Crippen LogP contribution in [0.25, 0.3) is 6.08 Å². The summed E-state index contributed by atoms with van der Waals surface area (Å²) >= 11 is 3.38. The minimum absolute atomic E-state index is 0.0811.